The van der Waals surface area contributed by atoms with Crippen molar-refractivity contribution < 1.29 is 14.0 Å². The number of halogens is 1. The third-order valence-electron chi connectivity index (χ3n) is 5.22. The highest BCUT2D eigenvalue weighted by molar-refractivity contribution is 7.99. The molecule has 1 aliphatic heterocycles. The molecule has 30 heavy (non-hydrogen) atoms. The molecule has 2 amide bonds. The van der Waals surface area contributed by atoms with Crippen molar-refractivity contribution >= 4 is 29.3 Å². The van der Waals surface area contributed by atoms with Gasteiger partial charge < -0.3 is 10.2 Å². The first-order valence-electron chi connectivity index (χ1n) is 9.74. The number of hydrogen-bond acceptors (Lipinski definition) is 4. The lowest BCUT2D eigenvalue weighted by Crippen LogP contribution is -2.33. The Balaban J connectivity index is 1.45. The first-order valence-corrected chi connectivity index (χ1v) is 10.6. The van der Waals surface area contributed by atoms with Crippen LogP contribution in [0.4, 0.5) is 10.1 Å². The van der Waals surface area contributed by atoms with Crippen LogP contribution in [0, 0.1) is 5.82 Å². The van der Waals surface area contributed by atoms with E-state index in [0.717, 1.165) is 23.4 Å². The van der Waals surface area contributed by atoms with Gasteiger partial charge in [0.1, 0.15) is 10.8 Å². The van der Waals surface area contributed by atoms with E-state index in [-0.39, 0.29) is 30.2 Å². The van der Waals surface area contributed by atoms with Crippen LogP contribution in [-0.4, -0.2) is 22.8 Å². The highest BCUT2D eigenvalue weighted by Gasteiger charge is 2.38. The lowest BCUT2D eigenvalue weighted by atomic mass is 10.1. The molecule has 2 heterocycles. The summed E-state index contributed by atoms with van der Waals surface area (Å²) in [5.74, 6) is -0.698. The SMILES string of the molecule is O=C(NCc1ccccc1F)c1ccc2c(c1)Sc1ncccc1C(=O)N2C1CC1. The first-order chi connectivity index (χ1) is 14.6. The fraction of sp³-hybridized carbons (Fsp3) is 0.174. The van der Waals surface area contributed by atoms with Gasteiger partial charge in [-0.3, -0.25) is 9.59 Å². The van der Waals surface area contributed by atoms with Gasteiger partial charge in [-0.1, -0.05) is 30.0 Å². The Morgan fingerprint density at radius 1 is 1.17 bits per heavy atom. The van der Waals surface area contributed by atoms with Crippen molar-refractivity contribution in [3.05, 3.63) is 83.3 Å². The molecule has 5 rings (SSSR count). The molecule has 1 aliphatic carbocycles. The second-order valence-electron chi connectivity index (χ2n) is 7.32. The molecule has 2 aliphatic rings. The zero-order valence-electron chi connectivity index (χ0n) is 16.0. The van der Waals surface area contributed by atoms with Crippen molar-refractivity contribution in [2.75, 3.05) is 4.90 Å². The predicted octanol–water partition coefficient (Wildman–Crippen LogP) is 4.42. The van der Waals surface area contributed by atoms with E-state index in [0.29, 0.717) is 21.7 Å². The highest BCUT2D eigenvalue weighted by atomic mass is 32.2. The topological polar surface area (TPSA) is 62.3 Å². The zero-order valence-corrected chi connectivity index (χ0v) is 16.8. The van der Waals surface area contributed by atoms with Crippen LogP contribution in [0.25, 0.3) is 0 Å². The molecular formula is C23H18FN3O2S. The smallest absolute Gasteiger partial charge is 0.261 e. The minimum Gasteiger partial charge on any atom is -0.348 e. The van der Waals surface area contributed by atoms with Gasteiger partial charge in [0, 0.05) is 34.8 Å². The van der Waals surface area contributed by atoms with Gasteiger partial charge in [-0.05, 0) is 49.2 Å². The molecule has 7 heteroatoms. The van der Waals surface area contributed by atoms with Crippen molar-refractivity contribution in [1.29, 1.82) is 0 Å². The average molecular weight is 419 g/mol. The number of amides is 2. The molecule has 0 bridgehead atoms. The van der Waals surface area contributed by atoms with E-state index in [9.17, 15) is 14.0 Å². The van der Waals surface area contributed by atoms with Gasteiger partial charge in [0.25, 0.3) is 11.8 Å². The van der Waals surface area contributed by atoms with Gasteiger partial charge >= 0.3 is 0 Å². The largest absolute Gasteiger partial charge is 0.348 e. The number of anilines is 1. The van der Waals surface area contributed by atoms with Gasteiger partial charge in [-0.15, -0.1) is 0 Å². The molecule has 2 aromatic carbocycles. The van der Waals surface area contributed by atoms with E-state index in [1.54, 1.807) is 48.7 Å². The van der Waals surface area contributed by atoms with Gasteiger partial charge in [0.15, 0.2) is 0 Å². The van der Waals surface area contributed by atoms with Crippen LogP contribution in [0.3, 0.4) is 0 Å². The molecule has 0 atom stereocenters. The van der Waals surface area contributed by atoms with E-state index in [2.05, 4.69) is 10.3 Å². The number of benzene rings is 2. The zero-order chi connectivity index (χ0) is 20.7. The Morgan fingerprint density at radius 2 is 2.00 bits per heavy atom. The van der Waals surface area contributed by atoms with Crippen LogP contribution in [0.15, 0.2) is 70.7 Å². The lowest BCUT2D eigenvalue weighted by molar-refractivity contribution is 0.0949. The summed E-state index contributed by atoms with van der Waals surface area (Å²) in [6.07, 6.45) is 3.60. The Kier molecular flexibility index (Phi) is 4.75. The van der Waals surface area contributed by atoms with Crippen molar-refractivity contribution in [3.63, 3.8) is 0 Å². The second kappa shape index (κ2) is 7.57. The van der Waals surface area contributed by atoms with Crippen LogP contribution < -0.4 is 10.2 Å². The maximum absolute atomic E-state index is 13.8. The summed E-state index contributed by atoms with van der Waals surface area (Å²) < 4.78 is 13.8. The van der Waals surface area contributed by atoms with Crippen LogP contribution in [0.1, 0.15) is 39.1 Å². The highest BCUT2D eigenvalue weighted by Crippen LogP contribution is 2.44. The monoisotopic (exact) mass is 419 g/mol. The van der Waals surface area contributed by atoms with E-state index >= 15 is 0 Å². The van der Waals surface area contributed by atoms with E-state index in [1.165, 1.54) is 17.8 Å². The number of nitrogens with one attached hydrogen (secondary N) is 1. The minimum absolute atomic E-state index is 0.0522. The fourth-order valence-corrected chi connectivity index (χ4v) is 4.57. The van der Waals surface area contributed by atoms with Crippen LogP contribution in [0.5, 0.6) is 0 Å². The lowest BCUT2D eigenvalue weighted by Gasteiger charge is -2.22. The third-order valence-corrected chi connectivity index (χ3v) is 6.28. The van der Waals surface area contributed by atoms with E-state index < -0.39 is 0 Å². The van der Waals surface area contributed by atoms with Crippen LogP contribution >= 0.6 is 11.8 Å². The summed E-state index contributed by atoms with van der Waals surface area (Å²) in [5.41, 5.74) is 2.27. The molecule has 5 nitrogen and oxygen atoms in total. The number of aromatic nitrogens is 1. The van der Waals surface area contributed by atoms with Crippen molar-refractivity contribution in [1.82, 2.24) is 10.3 Å². The molecule has 0 unspecified atom stereocenters. The molecular weight excluding hydrogens is 401 g/mol. The van der Waals surface area contributed by atoms with E-state index in [4.69, 9.17) is 0 Å². The summed E-state index contributed by atoms with van der Waals surface area (Å²) in [4.78, 5) is 32.9. The molecule has 1 aromatic heterocycles. The van der Waals surface area contributed by atoms with Crippen molar-refractivity contribution in [3.8, 4) is 0 Å². The maximum atomic E-state index is 13.8. The minimum atomic E-state index is -0.350. The van der Waals surface area contributed by atoms with Crippen molar-refractivity contribution in [2.45, 2.75) is 35.3 Å². The second-order valence-corrected chi connectivity index (χ2v) is 8.35. The molecule has 0 saturated heterocycles. The molecule has 1 fully saturated rings. The van der Waals surface area contributed by atoms with Crippen molar-refractivity contribution in [2.24, 2.45) is 0 Å². The molecule has 1 N–H and O–H groups in total. The number of pyridine rings is 1. The van der Waals surface area contributed by atoms with Gasteiger partial charge in [0.05, 0.1) is 11.3 Å². The number of carbonyl (C=O) groups is 2. The third kappa shape index (κ3) is 3.45. The Bertz CT molecular complexity index is 1160. The summed E-state index contributed by atoms with van der Waals surface area (Å²) in [6, 6.07) is 15.4. The first kappa shape index (κ1) is 18.8. The van der Waals surface area contributed by atoms with Gasteiger partial charge in [0.2, 0.25) is 0 Å². The predicted molar refractivity (Wildman–Crippen MR) is 112 cm³/mol. The Morgan fingerprint density at radius 3 is 2.80 bits per heavy atom. The summed E-state index contributed by atoms with van der Waals surface area (Å²) >= 11 is 1.39. The molecule has 150 valence electrons. The van der Waals surface area contributed by atoms with Crippen LogP contribution in [0.2, 0.25) is 0 Å². The molecule has 1 saturated carbocycles. The van der Waals surface area contributed by atoms with Crippen LogP contribution in [-0.2, 0) is 6.54 Å². The maximum Gasteiger partial charge on any atom is 0.261 e. The summed E-state index contributed by atoms with van der Waals surface area (Å²) in [6.45, 7) is 0.104. The number of fused-ring (bicyclic) bond motifs is 2. The number of nitrogens with zero attached hydrogens (tertiary/aromatic N) is 2. The standard InChI is InChI=1S/C23H18FN3O2S/c24-18-6-2-1-4-15(18)13-26-21(28)14-7-10-19-20(12-14)30-22-17(5-3-11-25-22)23(29)27(19)16-8-9-16/h1-7,10-12,16H,8-9,13H2,(H,26,28). The Hall–Kier alpha value is -3.19. The molecule has 0 spiro atoms. The van der Waals surface area contributed by atoms with Gasteiger partial charge in [-0.25, -0.2) is 9.37 Å². The van der Waals surface area contributed by atoms with Gasteiger partial charge in [-0.2, -0.15) is 0 Å². The summed E-state index contributed by atoms with van der Waals surface area (Å²) in [5, 5.41) is 3.40. The molecule has 0 radical (unpaired) electrons. The number of rotatable bonds is 4. The quantitative estimate of drug-likeness (QED) is 0.680. The normalized spacial score (nSPS) is 15.2. The molecule has 3 aromatic rings. The number of hydrogen-bond donors (Lipinski definition) is 1. The summed E-state index contributed by atoms with van der Waals surface area (Å²) in [7, 11) is 0. The fourth-order valence-electron chi connectivity index (χ4n) is 3.53. The average Bonchev–Trinajstić information content (AvgIpc) is 3.59. The van der Waals surface area contributed by atoms with E-state index in [1.807, 2.05) is 11.0 Å². The number of carbonyl (C=O) groups excluding carboxylic acids is 2. The Labute approximate surface area is 177 Å².